The minimum absolute atomic E-state index is 0.267. The summed E-state index contributed by atoms with van der Waals surface area (Å²) in [5.41, 5.74) is 1.35. The van der Waals surface area contributed by atoms with Crippen LogP contribution >= 0.6 is 0 Å². The second-order valence-electron chi connectivity index (χ2n) is 3.45. The molecule has 1 heterocycles. The number of aliphatic hydroxyl groups is 1. The molecule has 4 heteroatoms. The molecule has 0 aliphatic carbocycles. The van der Waals surface area contributed by atoms with Crippen molar-refractivity contribution in [3.8, 4) is 6.07 Å². The predicted molar refractivity (Wildman–Crippen MR) is 58.4 cm³/mol. The smallest absolute Gasteiger partial charge is 0.101 e. The summed E-state index contributed by atoms with van der Waals surface area (Å²) in [6.45, 7) is 2.51. The van der Waals surface area contributed by atoms with Crippen molar-refractivity contribution in [3.05, 3.63) is 24.0 Å². The normalized spacial score (nSPS) is 11.8. The van der Waals surface area contributed by atoms with Crippen LogP contribution in [0.15, 0.2) is 18.5 Å². The van der Waals surface area contributed by atoms with Gasteiger partial charge < -0.3 is 10.4 Å². The van der Waals surface area contributed by atoms with Gasteiger partial charge in [0.1, 0.15) is 6.07 Å². The number of anilines is 1. The molecule has 0 aliphatic rings. The Balaban J connectivity index is 2.41. The fourth-order valence-corrected chi connectivity index (χ4v) is 1.25. The molecule has 0 saturated heterocycles. The molecule has 4 nitrogen and oxygen atoms in total. The van der Waals surface area contributed by atoms with Crippen LogP contribution in [-0.2, 0) is 0 Å². The van der Waals surface area contributed by atoms with Crippen molar-refractivity contribution in [2.75, 3.05) is 11.9 Å². The maximum Gasteiger partial charge on any atom is 0.101 e. The van der Waals surface area contributed by atoms with Gasteiger partial charge in [0.05, 0.1) is 23.6 Å². The molecule has 2 N–H and O–H groups in total. The first-order valence-electron chi connectivity index (χ1n) is 5.00. The van der Waals surface area contributed by atoms with E-state index in [0.29, 0.717) is 5.56 Å². The molecule has 1 atom stereocenters. The number of hydrogen-bond donors (Lipinski definition) is 2. The highest BCUT2D eigenvalue weighted by molar-refractivity contribution is 5.55. The molecule has 80 valence electrons. The topological polar surface area (TPSA) is 68.9 Å². The molecule has 1 unspecified atom stereocenters. The third kappa shape index (κ3) is 3.96. The van der Waals surface area contributed by atoms with Gasteiger partial charge in [-0.25, -0.2) is 0 Å². The van der Waals surface area contributed by atoms with Crippen LogP contribution in [0.4, 0.5) is 5.69 Å². The molecule has 0 radical (unpaired) electrons. The Morgan fingerprint density at radius 1 is 1.67 bits per heavy atom. The second kappa shape index (κ2) is 5.99. The molecule has 0 aliphatic heterocycles. The van der Waals surface area contributed by atoms with E-state index < -0.39 is 0 Å². The van der Waals surface area contributed by atoms with Crippen LogP contribution in [-0.4, -0.2) is 22.7 Å². The lowest BCUT2D eigenvalue weighted by molar-refractivity contribution is 0.183. The number of pyridine rings is 1. The van der Waals surface area contributed by atoms with Crippen molar-refractivity contribution in [3.63, 3.8) is 0 Å². The SMILES string of the molecule is CC(O)CCCNc1cnccc1C#N. The van der Waals surface area contributed by atoms with Crippen molar-refractivity contribution >= 4 is 5.69 Å². The van der Waals surface area contributed by atoms with Gasteiger partial charge in [0.2, 0.25) is 0 Å². The maximum absolute atomic E-state index is 9.06. The highest BCUT2D eigenvalue weighted by Crippen LogP contribution is 2.11. The van der Waals surface area contributed by atoms with Crippen molar-refractivity contribution in [2.24, 2.45) is 0 Å². The van der Waals surface area contributed by atoms with Gasteiger partial charge in [0.15, 0.2) is 0 Å². The molecule has 0 aromatic carbocycles. The number of nitrogens with one attached hydrogen (secondary N) is 1. The van der Waals surface area contributed by atoms with E-state index in [1.807, 2.05) is 0 Å². The number of aliphatic hydroxyl groups excluding tert-OH is 1. The Kier molecular flexibility index (Phi) is 4.58. The Labute approximate surface area is 89.6 Å². The molecular weight excluding hydrogens is 190 g/mol. The summed E-state index contributed by atoms with van der Waals surface area (Å²) in [5, 5.41) is 21.0. The highest BCUT2D eigenvalue weighted by atomic mass is 16.3. The van der Waals surface area contributed by atoms with E-state index >= 15 is 0 Å². The van der Waals surface area contributed by atoms with Crippen LogP contribution in [0.3, 0.4) is 0 Å². The summed E-state index contributed by atoms with van der Waals surface area (Å²) in [4.78, 5) is 3.94. The molecule has 0 saturated carbocycles. The summed E-state index contributed by atoms with van der Waals surface area (Å²) in [7, 11) is 0. The second-order valence-corrected chi connectivity index (χ2v) is 3.45. The van der Waals surface area contributed by atoms with Gasteiger partial charge in [0, 0.05) is 12.7 Å². The van der Waals surface area contributed by atoms with Crippen LogP contribution in [0.5, 0.6) is 0 Å². The van der Waals surface area contributed by atoms with Crippen molar-refractivity contribution < 1.29 is 5.11 Å². The molecule has 0 bridgehead atoms. The number of nitriles is 1. The number of rotatable bonds is 5. The van der Waals surface area contributed by atoms with E-state index in [1.165, 1.54) is 0 Å². The van der Waals surface area contributed by atoms with Gasteiger partial charge in [-0.3, -0.25) is 4.98 Å². The van der Waals surface area contributed by atoms with E-state index in [-0.39, 0.29) is 6.10 Å². The van der Waals surface area contributed by atoms with Gasteiger partial charge >= 0.3 is 0 Å². The minimum atomic E-state index is -0.267. The summed E-state index contributed by atoms with van der Waals surface area (Å²) < 4.78 is 0. The van der Waals surface area contributed by atoms with Crippen molar-refractivity contribution in [1.29, 1.82) is 5.26 Å². The average Bonchev–Trinajstić information content (AvgIpc) is 2.24. The first kappa shape index (κ1) is 11.5. The fraction of sp³-hybridized carbons (Fsp3) is 0.455. The lowest BCUT2D eigenvalue weighted by Crippen LogP contribution is -2.07. The number of aromatic nitrogens is 1. The van der Waals surface area contributed by atoms with Crippen LogP contribution in [0.25, 0.3) is 0 Å². The standard InChI is InChI=1S/C11H15N3O/c1-9(15)3-2-5-14-11-8-13-6-4-10(11)7-12/h4,6,8-9,14-15H,2-3,5H2,1H3. The van der Waals surface area contributed by atoms with E-state index in [4.69, 9.17) is 10.4 Å². The molecule has 1 aromatic heterocycles. The Bertz CT molecular complexity index is 344. The summed E-state index contributed by atoms with van der Waals surface area (Å²) >= 11 is 0. The van der Waals surface area contributed by atoms with Gasteiger partial charge in [-0.05, 0) is 25.8 Å². The molecule has 15 heavy (non-hydrogen) atoms. The van der Waals surface area contributed by atoms with Crippen LogP contribution < -0.4 is 5.32 Å². The first-order chi connectivity index (χ1) is 7.24. The molecule has 0 fully saturated rings. The molecule has 1 rings (SSSR count). The third-order valence-corrected chi connectivity index (χ3v) is 2.06. The van der Waals surface area contributed by atoms with Crippen LogP contribution in [0, 0.1) is 11.3 Å². The van der Waals surface area contributed by atoms with Gasteiger partial charge in [-0.1, -0.05) is 0 Å². The fourth-order valence-electron chi connectivity index (χ4n) is 1.25. The zero-order valence-electron chi connectivity index (χ0n) is 8.77. The summed E-state index contributed by atoms with van der Waals surface area (Å²) in [5.74, 6) is 0. The van der Waals surface area contributed by atoms with Gasteiger partial charge in [-0.2, -0.15) is 5.26 Å². The molecule has 0 amide bonds. The number of hydrogen-bond acceptors (Lipinski definition) is 4. The molecular formula is C11H15N3O. The van der Waals surface area contributed by atoms with Gasteiger partial charge in [0.25, 0.3) is 0 Å². The lowest BCUT2D eigenvalue weighted by atomic mass is 10.2. The maximum atomic E-state index is 9.06. The average molecular weight is 205 g/mol. The highest BCUT2D eigenvalue weighted by Gasteiger charge is 2.00. The molecule has 0 spiro atoms. The number of nitrogens with zero attached hydrogens (tertiary/aromatic N) is 2. The van der Waals surface area contributed by atoms with Crippen molar-refractivity contribution in [2.45, 2.75) is 25.9 Å². The lowest BCUT2D eigenvalue weighted by Gasteiger charge is -2.08. The largest absolute Gasteiger partial charge is 0.393 e. The van der Waals surface area contributed by atoms with Gasteiger partial charge in [-0.15, -0.1) is 0 Å². The predicted octanol–water partition coefficient (Wildman–Crippen LogP) is 1.53. The van der Waals surface area contributed by atoms with Crippen LogP contribution in [0.1, 0.15) is 25.3 Å². The van der Waals surface area contributed by atoms with E-state index in [9.17, 15) is 0 Å². The quantitative estimate of drug-likeness (QED) is 0.715. The Morgan fingerprint density at radius 3 is 3.13 bits per heavy atom. The Morgan fingerprint density at radius 2 is 2.47 bits per heavy atom. The third-order valence-electron chi connectivity index (χ3n) is 2.06. The van der Waals surface area contributed by atoms with E-state index in [1.54, 1.807) is 25.4 Å². The Hall–Kier alpha value is -1.60. The monoisotopic (exact) mass is 205 g/mol. The van der Waals surface area contributed by atoms with Crippen molar-refractivity contribution in [1.82, 2.24) is 4.98 Å². The minimum Gasteiger partial charge on any atom is -0.393 e. The summed E-state index contributed by atoms with van der Waals surface area (Å²) in [6.07, 6.45) is 4.60. The zero-order chi connectivity index (χ0) is 11.1. The zero-order valence-corrected chi connectivity index (χ0v) is 8.77. The first-order valence-corrected chi connectivity index (χ1v) is 5.00. The van der Waals surface area contributed by atoms with Crippen LogP contribution in [0.2, 0.25) is 0 Å². The summed E-state index contributed by atoms with van der Waals surface area (Å²) in [6, 6.07) is 3.77. The van der Waals surface area contributed by atoms with E-state index in [0.717, 1.165) is 25.1 Å². The van der Waals surface area contributed by atoms with E-state index in [2.05, 4.69) is 16.4 Å². The molecule has 1 aromatic rings.